The SMILES string of the molecule is CCC(c1nc2c(c(=O)n1Cc1ccccc1)CCC2)N1CC(C)NCC1C. The van der Waals surface area contributed by atoms with E-state index in [1.807, 2.05) is 22.8 Å². The van der Waals surface area contributed by atoms with Crippen molar-refractivity contribution in [1.82, 2.24) is 19.8 Å². The van der Waals surface area contributed by atoms with Gasteiger partial charge in [0.2, 0.25) is 0 Å². The number of piperazine rings is 1. The first-order valence-corrected chi connectivity index (χ1v) is 10.7. The van der Waals surface area contributed by atoms with E-state index in [4.69, 9.17) is 4.98 Å². The highest BCUT2D eigenvalue weighted by atomic mass is 16.1. The van der Waals surface area contributed by atoms with Gasteiger partial charge < -0.3 is 5.32 Å². The second-order valence-corrected chi connectivity index (χ2v) is 8.40. The maximum Gasteiger partial charge on any atom is 0.257 e. The highest BCUT2D eigenvalue weighted by Crippen LogP contribution is 2.28. The number of hydrogen-bond acceptors (Lipinski definition) is 4. The third-order valence-electron chi connectivity index (χ3n) is 6.30. The molecule has 2 aliphatic rings. The topological polar surface area (TPSA) is 50.2 Å². The van der Waals surface area contributed by atoms with E-state index >= 15 is 0 Å². The average Bonchev–Trinajstić information content (AvgIpc) is 3.17. The predicted octanol–water partition coefficient (Wildman–Crippen LogP) is 2.91. The quantitative estimate of drug-likeness (QED) is 0.867. The lowest BCUT2D eigenvalue weighted by atomic mass is 10.0. The summed E-state index contributed by atoms with van der Waals surface area (Å²) in [7, 11) is 0. The summed E-state index contributed by atoms with van der Waals surface area (Å²) in [5, 5.41) is 3.57. The molecule has 1 fully saturated rings. The Morgan fingerprint density at radius 3 is 2.75 bits per heavy atom. The third-order valence-corrected chi connectivity index (χ3v) is 6.30. The zero-order valence-corrected chi connectivity index (χ0v) is 17.3. The van der Waals surface area contributed by atoms with Gasteiger partial charge in [-0.1, -0.05) is 37.3 Å². The van der Waals surface area contributed by atoms with Crippen LogP contribution in [0, 0.1) is 0 Å². The molecule has 1 aliphatic carbocycles. The van der Waals surface area contributed by atoms with Crippen molar-refractivity contribution >= 4 is 0 Å². The van der Waals surface area contributed by atoms with E-state index in [-0.39, 0.29) is 11.6 Å². The number of benzene rings is 1. The second-order valence-electron chi connectivity index (χ2n) is 8.40. The molecule has 0 bridgehead atoms. The summed E-state index contributed by atoms with van der Waals surface area (Å²) in [5.74, 6) is 0.956. The molecule has 0 saturated carbocycles. The molecule has 1 aromatic carbocycles. The number of fused-ring (bicyclic) bond motifs is 1. The van der Waals surface area contributed by atoms with Crippen LogP contribution >= 0.6 is 0 Å². The van der Waals surface area contributed by atoms with Crippen molar-refractivity contribution in [2.45, 2.75) is 71.1 Å². The van der Waals surface area contributed by atoms with Crippen LogP contribution in [-0.2, 0) is 19.4 Å². The first-order chi connectivity index (χ1) is 13.6. The van der Waals surface area contributed by atoms with Gasteiger partial charge in [-0.05, 0) is 45.1 Å². The minimum atomic E-state index is 0.168. The Balaban J connectivity index is 1.80. The summed E-state index contributed by atoms with van der Waals surface area (Å²) in [5.41, 5.74) is 3.31. The molecule has 5 heteroatoms. The van der Waals surface area contributed by atoms with Gasteiger partial charge in [0.1, 0.15) is 5.82 Å². The minimum Gasteiger partial charge on any atom is -0.311 e. The lowest BCUT2D eigenvalue weighted by molar-refractivity contribution is 0.0848. The van der Waals surface area contributed by atoms with E-state index < -0.39 is 0 Å². The Hall–Kier alpha value is -1.98. The molecule has 0 spiro atoms. The molecule has 0 radical (unpaired) electrons. The largest absolute Gasteiger partial charge is 0.311 e. The van der Waals surface area contributed by atoms with Crippen molar-refractivity contribution < 1.29 is 0 Å². The molecule has 0 amide bonds. The van der Waals surface area contributed by atoms with Crippen LogP contribution in [0.15, 0.2) is 35.1 Å². The van der Waals surface area contributed by atoms with Gasteiger partial charge in [-0.25, -0.2) is 4.98 Å². The molecule has 1 saturated heterocycles. The van der Waals surface area contributed by atoms with Crippen LogP contribution in [-0.4, -0.2) is 39.6 Å². The molecule has 1 aromatic heterocycles. The standard InChI is InChI=1S/C23H32N4O/c1-4-21(26-14-16(2)24-13-17(26)3)22-25-20-12-8-11-19(20)23(28)27(22)15-18-9-6-5-7-10-18/h5-7,9-10,16-17,21,24H,4,8,11-15H2,1-3H3. The van der Waals surface area contributed by atoms with E-state index in [0.29, 0.717) is 18.6 Å². The summed E-state index contributed by atoms with van der Waals surface area (Å²) < 4.78 is 1.97. The van der Waals surface area contributed by atoms with Crippen LogP contribution in [0.4, 0.5) is 0 Å². The maximum absolute atomic E-state index is 13.4. The Kier molecular flexibility index (Phi) is 5.65. The molecular weight excluding hydrogens is 348 g/mol. The first-order valence-electron chi connectivity index (χ1n) is 10.7. The van der Waals surface area contributed by atoms with Gasteiger partial charge in [-0.2, -0.15) is 0 Å². The normalized spacial score (nSPS) is 23.5. The smallest absolute Gasteiger partial charge is 0.257 e. The summed E-state index contributed by atoms with van der Waals surface area (Å²) in [6, 6.07) is 11.3. The Morgan fingerprint density at radius 1 is 1.21 bits per heavy atom. The zero-order valence-electron chi connectivity index (χ0n) is 17.3. The number of rotatable bonds is 5. The Morgan fingerprint density at radius 2 is 2.00 bits per heavy atom. The summed E-state index contributed by atoms with van der Waals surface area (Å²) >= 11 is 0. The monoisotopic (exact) mass is 380 g/mol. The highest BCUT2D eigenvalue weighted by Gasteiger charge is 2.33. The van der Waals surface area contributed by atoms with Crippen molar-refractivity contribution in [3.63, 3.8) is 0 Å². The Labute approximate surface area is 167 Å². The Bertz CT molecular complexity index is 876. The minimum absolute atomic E-state index is 0.168. The van der Waals surface area contributed by atoms with Crippen molar-refractivity contribution in [1.29, 1.82) is 0 Å². The average molecular weight is 381 g/mol. The fourth-order valence-corrected chi connectivity index (χ4v) is 4.77. The fourth-order valence-electron chi connectivity index (χ4n) is 4.77. The third kappa shape index (κ3) is 3.65. The fraction of sp³-hybridized carbons (Fsp3) is 0.565. The molecular formula is C23H32N4O. The number of aromatic nitrogens is 2. The van der Waals surface area contributed by atoms with Gasteiger partial charge >= 0.3 is 0 Å². The van der Waals surface area contributed by atoms with Crippen molar-refractivity contribution in [2.75, 3.05) is 13.1 Å². The van der Waals surface area contributed by atoms with Crippen molar-refractivity contribution in [2.24, 2.45) is 0 Å². The molecule has 1 aliphatic heterocycles. The van der Waals surface area contributed by atoms with Crippen LogP contribution in [0.2, 0.25) is 0 Å². The molecule has 150 valence electrons. The first kappa shape index (κ1) is 19.3. The van der Waals surface area contributed by atoms with Gasteiger partial charge in [-0.15, -0.1) is 0 Å². The van der Waals surface area contributed by atoms with Gasteiger partial charge in [-0.3, -0.25) is 14.3 Å². The molecule has 3 unspecified atom stereocenters. The molecule has 3 atom stereocenters. The van der Waals surface area contributed by atoms with E-state index in [1.54, 1.807) is 0 Å². The van der Waals surface area contributed by atoms with Crippen LogP contribution in [0.3, 0.4) is 0 Å². The maximum atomic E-state index is 13.4. The number of hydrogen-bond donors (Lipinski definition) is 1. The van der Waals surface area contributed by atoms with Gasteiger partial charge in [0, 0.05) is 30.7 Å². The molecule has 28 heavy (non-hydrogen) atoms. The molecule has 2 aromatic rings. The van der Waals surface area contributed by atoms with Crippen LogP contribution in [0.1, 0.15) is 62.3 Å². The molecule has 2 heterocycles. The molecule has 4 rings (SSSR count). The van der Waals surface area contributed by atoms with E-state index in [0.717, 1.165) is 61.4 Å². The molecule has 5 nitrogen and oxygen atoms in total. The summed E-state index contributed by atoms with van der Waals surface area (Å²) in [4.78, 5) is 21.1. The second kappa shape index (κ2) is 8.18. The van der Waals surface area contributed by atoms with Gasteiger partial charge in [0.15, 0.2) is 0 Å². The zero-order chi connectivity index (χ0) is 19.7. The summed E-state index contributed by atoms with van der Waals surface area (Å²) in [6.07, 6.45) is 3.81. The van der Waals surface area contributed by atoms with Gasteiger partial charge in [0.25, 0.3) is 5.56 Å². The van der Waals surface area contributed by atoms with Crippen LogP contribution in [0.25, 0.3) is 0 Å². The van der Waals surface area contributed by atoms with Crippen molar-refractivity contribution in [3.8, 4) is 0 Å². The van der Waals surface area contributed by atoms with E-state index in [9.17, 15) is 4.79 Å². The van der Waals surface area contributed by atoms with E-state index in [1.165, 1.54) is 0 Å². The number of aryl methyl sites for hydroxylation is 1. The van der Waals surface area contributed by atoms with Crippen LogP contribution < -0.4 is 10.9 Å². The predicted molar refractivity (Wildman–Crippen MR) is 113 cm³/mol. The molecule has 1 N–H and O–H groups in total. The van der Waals surface area contributed by atoms with Crippen LogP contribution in [0.5, 0.6) is 0 Å². The van der Waals surface area contributed by atoms with Crippen molar-refractivity contribution in [3.05, 3.63) is 63.3 Å². The lowest BCUT2D eigenvalue weighted by Gasteiger charge is -2.42. The highest BCUT2D eigenvalue weighted by molar-refractivity contribution is 5.26. The number of nitrogens with one attached hydrogen (secondary N) is 1. The number of nitrogens with zero attached hydrogens (tertiary/aromatic N) is 3. The summed E-state index contributed by atoms with van der Waals surface area (Å²) in [6.45, 7) is 9.29. The van der Waals surface area contributed by atoms with E-state index in [2.05, 4.69) is 43.1 Å². The van der Waals surface area contributed by atoms with Gasteiger partial charge in [0.05, 0.1) is 18.3 Å². The lowest BCUT2D eigenvalue weighted by Crippen LogP contribution is -2.55.